The van der Waals surface area contributed by atoms with Crippen LogP contribution in [0.4, 0.5) is 0 Å². The molecule has 3 aromatic carbocycles. The van der Waals surface area contributed by atoms with E-state index in [0.717, 1.165) is 22.1 Å². The molecule has 2 heterocycles. The van der Waals surface area contributed by atoms with Crippen molar-refractivity contribution < 1.29 is 14.4 Å². The SMILES string of the molecule is Cc1ccc2nc(-c3ccc4noc(-c5ccc(Cl)cc5)c4c3)cc(C(=O)O)c2c1. The van der Waals surface area contributed by atoms with Crippen LogP contribution in [0, 0.1) is 6.92 Å². The average Bonchev–Trinajstić information content (AvgIpc) is 3.16. The minimum Gasteiger partial charge on any atom is -0.478 e. The van der Waals surface area contributed by atoms with E-state index < -0.39 is 5.97 Å². The zero-order chi connectivity index (χ0) is 20.8. The first-order chi connectivity index (χ1) is 14.5. The monoisotopic (exact) mass is 414 g/mol. The van der Waals surface area contributed by atoms with E-state index in [1.165, 1.54) is 0 Å². The first-order valence-corrected chi connectivity index (χ1v) is 9.68. The highest BCUT2D eigenvalue weighted by atomic mass is 35.5. The Balaban J connectivity index is 1.70. The summed E-state index contributed by atoms with van der Waals surface area (Å²) < 4.78 is 5.57. The molecule has 0 aliphatic heterocycles. The number of nitrogens with zero attached hydrogens (tertiary/aromatic N) is 2. The highest BCUT2D eigenvalue weighted by Crippen LogP contribution is 2.33. The molecular formula is C24H15ClN2O3. The number of halogens is 1. The van der Waals surface area contributed by atoms with Gasteiger partial charge in [-0.3, -0.25) is 0 Å². The minimum atomic E-state index is -0.984. The van der Waals surface area contributed by atoms with E-state index in [1.807, 2.05) is 55.5 Å². The number of hydrogen-bond acceptors (Lipinski definition) is 4. The van der Waals surface area contributed by atoms with Crippen LogP contribution >= 0.6 is 11.6 Å². The van der Waals surface area contributed by atoms with Crippen LogP contribution in [-0.2, 0) is 0 Å². The van der Waals surface area contributed by atoms with Gasteiger partial charge < -0.3 is 9.63 Å². The molecule has 30 heavy (non-hydrogen) atoms. The lowest BCUT2D eigenvalue weighted by molar-refractivity contribution is 0.0699. The molecule has 0 saturated heterocycles. The Labute approximate surface area is 176 Å². The van der Waals surface area contributed by atoms with Gasteiger partial charge in [-0.25, -0.2) is 9.78 Å². The van der Waals surface area contributed by atoms with Crippen molar-refractivity contribution in [1.29, 1.82) is 0 Å². The molecule has 5 aromatic rings. The summed E-state index contributed by atoms with van der Waals surface area (Å²) in [6, 6.07) is 20.2. The van der Waals surface area contributed by atoms with Gasteiger partial charge in [-0.05, 0) is 61.5 Å². The Morgan fingerprint density at radius 2 is 1.63 bits per heavy atom. The Morgan fingerprint density at radius 3 is 2.40 bits per heavy atom. The number of carboxylic acids is 1. The average molecular weight is 415 g/mol. The second kappa shape index (κ2) is 6.97. The van der Waals surface area contributed by atoms with E-state index in [9.17, 15) is 9.90 Å². The van der Waals surface area contributed by atoms with Gasteiger partial charge >= 0.3 is 5.97 Å². The van der Waals surface area contributed by atoms with E-state index in [-0.39, 0.29) is 5.56 Å². The number of benzene rings is 3. The Morgan fingerprint density at radius 1 is 0.900 bits per heavy atom. The largest absolute Gasteiger partial charge is 0.478 e. The summed E-state index contributed by atoms with van der Waals surface area (Å²) in [5.74, 6) is -0.361. The molecule has 0 saturated carbocycles. The normalized spacial score (nSPS) is 11.3. The number of carbonyl (C=O) groups is 1. The Hall–Kier alpha value is -3.70. The maximum atomic E-state index is 11.9. The Bertz CT molecular complexity index is 1440. The number of carboxylic acid groups (broad SMARTS) is 1. The molecule has 0 aliphatic carbocycles. The predicted molar refractivity (Wildman–Crippen MR) is 117 cm³/mol. The van der Waals surface area contributed by atoms with Crippen molar-refractivity contribution in [3.8, 4) is 22.6 Å². The van der Waals surface area contributed by atoms with E-state index in [4.69, 9.17) is 21.1 Å². The molecule has 0 spiro atoms. The van der Waals surface area contributed by atoms with Crippen molar-refractivity contribution >= 4 is 39.4 Å². The van der Waals surface area contributed by atoms with E-state index in [0.29, 0.717) is 32.9 Å². The molecule has 1 N–H and O–H groups in total. The first kappa shape index (κ1) is 18.3. The number of rotatable bonds is 3. The number of fused-ring (bicyclic) bond motifs is 2. The van der Waals surface area contributed by atoms with Crippen LogP contribution < -0.4 is 0 Å². The van der Waals surface area contributed by atoms with Gasteiger partial charge in [0.2, 0.25) is 0 Å². The topological polar surface area (TPSA) is 76.2 Å². The van der Waals surface area contributed by atoms with Crippen LogP contribution in [0.15, 0.2) is 71.3 Å². The summed E-state index contributed by atoms with van der Waals surface area (Å²) in [7, 11) is 0. The second-order valence-electron chi connectivity index (χ2n) is 7.13. The van der Waals surface area contributed by atoms with E-state index in [2.05, 4.69) is 5.16 Å². The molecule has 6 heteroatoms. The molecule has 0 bridgehead atoms. The third kappa shape index (κ3) is 3.09. The molecule has 0 radical (unpaired) electrons. The standard InChI is InChI=1S/C24H15ClN2O3/c1-13-2-8-20-17(10-13)18(24(28)29)12-22(26-20)15-5-9-21-19(11-15)23(30-27-21)14-3-6-16(25)7-4-14/h2-12H,1H3,(H,28,29). The van der Waals surface area contributed by atoms with Gasteiger partial charge in [-0.15, -0.1) is 0 Å². The van der Waals surface area contributed by atoms with Crippen LogP contribution in [0.5, 0.6) is 0 Å². The molecule has 5 rings (SSSR count). The second-order valence-corrected chi connectivity index (χ2v) is 7.57. The number of aromatic nitrogens is 2. The van der Waals surface area contributed by atoms with Crippen LogP contribution in [0.3, 0.4) is 0 Å². The number of aromatic carboxylic acids is 1. The minimum absolute atomic E-state index is 0.224. The third-order valence-electron chi connectivity index (χ3n) is 5.07. The summed E-state index contributed by atoms with van der Waals surface area (Å²) in [5.41, 5.74) is 4.77. The molecule has 146 valence electrons. The zero-order valence-electron chi connectivity index (χ0n) is 15.9. The van der Waals surface area contributed by atoms with Gasteiger partial charge in [0.25, 0.3) is 0 Å². The van der Waals surface area contributed by atoms with Crippen molar-refractivity contribution in [2.75, 3.05) is 0 Å². The molecule has 2 aromatic heterocycles. The molecule has 0 amide bonds. The number of aryl methyl sites for hydroxylation is 1. The van der Waals surface area contributed by atoms with Crippen molar-refractivity contribution in [3.05, 3.63) is 82.9 Å². The highest BCUT2D eigenvalue weighted by molar-refractivity contribution is 6.30. The lowest BCUT2D eigenvalue weighted by Crippen LogP contribution is -2.00. The summed E-state index contributed by atoms with van der Waals surface area (Å²) in [5, 5.41) is 16.0. The Kier molecular flexibility index (Phi) is 4.26. The van der Waals surface area contributed by atoms with Crippen molar-refractivity contribution in [2.24, 2.45) is 0 Å². The van der Waals surface area contributed by atoms with Crippen molar-refractivity contribution in [2.45, 2.75) is 6.92 Å². The number of pyridine rings is 1. The van der Waals surface area contributed by atoms with Crippen LogP contribution in [0.25, 0.3) is 44.4 Å². The quantitative estimate of drug-likeness (QED) is 0.371. The van der Waals surface area contributed by atoms with Crippen LogP contribution in [0.2, 0.25) is 5.02 Å². The van der Waals surface area contributed by atoms with Crippen LogP contribution in [0.1, 0.15) is 15.9 Å². The maximum Gasteiger partial charge on any atom is 0.336 e. The van der Waals surface area contributed by atoms with Crippen LogP contribution in [-0.4, -0.2) is 21.2 Å². The van der Waals surface area contributed by atoms with Gasteiger partial charge in [-0.1, -0.05) is 34.5 Å². The smallest absolute Gasteiger partial charge is 0.336 e. The fraction of sp³-hybridized carbons (Fsp3) is 0.0417. The lowest BCUT2D eigenvalue weighted by Gasteiger charge is -2.08. The summed E-state index contributed by atoms with van der Waals surface area (Å²) in [6.07, 6.45) is 0. The molecule has 0 atom stereocenters. The fourth-order valence-electron chi connectivity index (χ4n) is 3.57. The third-order valence-corrected chi connectivity index (χ3v) is 5.33. The first-order valence-electron chi connectivity index (χ1n) is 9.30. The van der Waals surface area contributed by atoms with Gasteiger partial charge in [0, 0.05) is 21.5 Å². The van der Waals surface area contributed by atoms with Crippen molar-refractivity contribution in [1.82, 2.24) is 10.1 Å². The number of hydrogen-bond donors (Lipinski definition) is 1. The van der Waals surface area contributed by atoms with E-state index >= 15 is 0 Å². The summed E-state index contributed by atoms with van der Waals surface area (Å²) in [6.45, 7) is 1.93. The maximum absolute atomic E-state index is 11.9. The molecule has 0 unspecified atom stereocenters. The molecular weight excluding hydrogens is 400 g/mol. The zero-order valence-corrected chi connectivity index (χ0v) is 16.6. The predicted octanol–water partition coefficient (Wildman–Crippen LogP) is 6.37. The highest BCUT2D eigenvalue weighted by Gasteiger charge is 2.16. The van der Waals surface area contributed by atoms with Gasteiger partial charge in [0.05, 0.1) is 22.2 Å². The summed E-state index contributed by atoms with van der Waals surface area (Å²) >= 11 is 5.99. The summed E-state index contributed by atoms with van der Waals surface area (Å²) in [4.78, 5) is 16.6. The fourth-order valence-corrected chi connectivity index (χ4v) is 3.70. The van der Waals surface area contributed by atoms with Gasteiger partial charge in [-0.2, -0.15) is 0 Å². The molecule has 5 nitrogen and oxygen atoms in total. The van der Waals surface area contributed by atoms with Gasteiger partial charge in [0.15, 0.2) is 5.76 Å². The van der Waals surface area contributed by atoms with Gasteiger partial charge in [0.1, 0.15) is 5.52 Å². The van der Waals surface area contributed by atoms with E-state index in [1.54, 1.807) is 18.2 Å². The molecule has 0 fully saturated rings. The van der Waals surface area contributed by atoms with Crippen molar-refractivity contribution in [3.63, 3.8) is 0 Å². The lowest BCUT2D eigenvalue weighted by atomic mass is 10.0. The molecule has 0 aliphatic rings.